The van der Waals surface area contributed by atoms with Gasteiger partial charge in [0.1, 0.15) is 17.1 Å². The van der Waals surface area contributed by atoms with Gasteiger partial charge >= 0.3 is 5.97 Å². The number of esters is 1. The number of hydrogen-bond acceptors (Lipinski definition) is 12. The molecule has 69 heavy (non-hydrogen) atoms. The lowest BCUT2D eigenvalue weighted by Gasteiger charge is -2.67. The number of aliphatic hydroxyl groups is 2. The quantitative estimate of drug-likeness (QED) is 0.0686. The number of ketones is 1. The Balaban J connectivity index is 1.38. The van der Waals surface area contributed by atoms with E-state index in [1.807, 2.05) is 64.2 Å². The molecule has 2 amide bonds. The molecule has 2 bridgehead atoms. The SMILES string of the molecule is CC(C)=CCCC1(C)C=Cc2c(c(CC=C(C)C)c3c(c2OC(=O)CCC(=O)N2CCN(C)CC2)C2=Nc4ccccc4SC4C5CC(C(C)C)C(O3)(C24)C(O)(CC=C(C)C(=O)NCCO)C5=O)O1. The standard InChI is InChI=1S/C55H70N4O9S/c1-32(2)13-12-22-53(8)23-21-37-47(67-53)36(17-16-33(3)4)49-44(48(37)66-43(62)19-18-42(61)59-28-26-58(9)27-29-59)46-45-50(69-41-15-11-10-14-40(41)57-46)38-31-39(34(5)6)55(45,68-49)54(65,51(38)63)24-20-35(7)52(64)56-25-30-60/h10-11,13-16,20-21,23,34,38-39,45,50,60,65H,12,17-19,22,24-31H2,1-9H3,(H,56,64). The molecule has 0 radical (unpaired) electrons. The molecule has 0 aromatic heterocycles. The Hall–Kier alpha value is -5.02. The average molecular weight is 963 g/mol. The van der Waals surface area contributed by atoms with Crippen LogP contribution in [0.15, 0.2) is 75.2 Å². The number of likely N-dealkylation sites (N-methyl/N-ethyl adjacent to an activating group) is 1. The van der Waals surface area contributed by atoms with Crippen molar-refractivity contribution in [3.63, 3.8) is 0 Å². The topological polar surface area (TPSA) is 167 Å². The van der Waals surface area contributed by atoms with Gasteiger partial charge < -0.3 is 39.5 Å². The summed E-state index contributed by atoms with van der Waals surface area (Å²) in [6.45, 7) is 18.6. The van der Waals surface area contributed by atoms with Gasteiger partial charge in [0.2, 0.25) is 11.8 Å². The summed E-state index contributed by atoms with van der Waals surface area (Å²) >= 11 is 1.57. The number of hydrogen-bond donors (Lipinski definition) is 3. The van der Waals surface area contributed by atoms with Gasteiger partial charge in [0, 0.05) is 78.7 Å². The number of carbonyl (C=O) groups is 4. The molecule has 9 rings (SSSR count). The Kier molecular flexibility index (Phi) is 14.6. The zero-order valence-corrected chi connectivity index (χ0v) is 42.6. The first-order valence-electron chi connectivity index (χ1n) is 24.7. The van der Waals surface area contributed by atoms with E-state index >= 15 is 4.79 Å². The number of fused-ring (bicyclic) bond motifs is 6. The molecule has 7 atom stereocenters. The maximum atomic E-state index is 15.5. The van der Waals surface area contributed by atoms with E-state index in [9.17, 15) is 24.6 Å². The number of amides is 2. The van der Waals surface area contributed by atoms with Crippen LogP contribution in [0.2, 0.25) is 0 Å². The van der Waals surface area contributed by atoms with Gasteiger partial charge in [0.25, 0.3) is 0 Å². The molecule has 14 heteroatoms. The van der Waals surface area contributed by atoms with E-state index in [2.05, 4.69) is 50.1 Å². The van der Waals surface area contributed by atoms with Crippen molar-refractivity contribution in [2.75, 3.05) is 46.4 Å². The van der Waals surface area contributed by atoms with Crippen LogP contribution in [0.3, 0.4) is 0 Å². The third-order valence-corrected chi connectivity index (χ3v) is 16.5. The van der Waals surface area contributed by atoms with Gasteiger partial charge in [0.05, 0.1) is 41.5 Å². The van der Waals surface area contributed by atoms with E-state index in [1.54, 1.807) is 29.7 Å². The summed E-state index contributed by atoms with van der Waals surface area (Å²) < 4.78 is 21.7. The van der Waals surface area contributed by atoms with Crippen molar-refractivity contribution < 1.29 is 43.6 Å². The predicted octanol–water partition coefficient (Wildman–Crippen LogP) is 7.96. The Labute approximate surface area is 411 Å². The van der Waals surface area contributed by atoms with Crippen molar-refractivity contribution in [3.05, 3.63) is 82.0 Å². The van der Waals surface area contributed by atoms with Gasteiger partial charge in [-0.2, -0.15) is 0 Å². The maximum Gasteiger partial charge on any atom is 0.311 e. The number of ether oxygens (including phenoxy) is 3. The first kappa shape index (κ1) is 50.4. The largest absolute Gasteiger partial charge is 0.482 e. The zero-order valence-electron chi connectivity index (χ0n) is 41.8. The summed E-state index contributed by atoms with van der Waals surface area (Å²) in [5.41, 5.74) is 0.883. The highest BCUT2D eigenvalue weighted by molar-refractivity contribution is 8.00. The van der Waals surface area contributed by atoms with Crippen molar-refractivity contribution >= 4 is 52.8 Å². The molecule has 370 valence electrons. The lowest BCUT2D eigenvalue weighted by Crippen LogP contribution is -2.82. The molecule has 1 saturated heterocycles. The van der Waals surface area contributed by atoms with Crippen molar-refractivity contribution in [1.29, 1.82) is 0 Å². The van der Waals surface area contributed by atoms with Gasteiger partial charge in [-0.25, -0.2) is 0 Å². The second kappa shape index (κ2) is 20.0. The highest BCUT2D eigenvalue weighted by Crippen LogP contribution is 2.68. The van der Waals surface area contributed by atoms with E-state index in [1.165, 1.54) is 5.57 Å². The number of rotatable bonds is 15. The zero-order chi connectivity index (χ0) is 49.6. The van der Waals surface area contributed by atoms with Crippen molar-refractivity contribution in [2.24, 2.45) is 28.7 Å². The highest BCUT2D eigenvalue weighted by Gasteiger charge is 2.78. The fraction of sp³-hybridized carbons (Fsp3) is 0.545. The normalized spacial score (nSPS) is 27.7. The number of nitrogens with zero attached hydrogens (tertiary/aromatic N) is 3. The van der Waals surface area contributed by atoms with Crippen LogP contribution in [-0.4, -0.2) is 118 Å². The molecule has 7 aliphatic rings. The third kappa shape index (κ3) is 9.38. The first-order valence-corrected chi connectivity index (χ1v) is 25.6. The van der Waals surface area contributed by atoms with E-state index in [4.69, 9.17) is 19.2 Å². The first-order chi connectivity index (χ1) is 32.8. The van der Waals surface area contributed by atoms with Crippen molar-refractivity contribution in [1.82, 2.24) is 15.1 Å². The number of aliphatic imine (C=N–C) groups is 1. The van der Waals surface area contributed by atoms with Crippen LogP contribution in [0, 0.1) is 23.7 Å². The second-order valence-corrected chi connectivity index (χ2v) is 22.1. The minimum atomic E-state index is -2.15. The lowest BCUT2D eigenvalue weighted by molar-refractivity contribution is -0.234. The Morgan fingerprint density at radius 1 is 1.00 bits per heavy atom. The minimum Gasteiger partial charge on any atom is -0.482 e. The summed E-state index contributed by atoms with van der Waals surface area (Å²) in [5.74, 6) is -2.27. The number of nitrogens with one attached hydrogen (secondary N) is 1. The van der Waals surface area contributed by atoms with Gasteiger partial charge in [-0.15, -0.1) is 11.8 Å². The monoisotopic (exact) mass is 962 g/mol. The fourth-order valence-corrected chi connectivity index (χ4v) is 12.9. The minimum absolute atomic E-state index is 0.0204. The van der Waals surface area contributed by atoms with Crippen LogP contribution in [0.5, 0.6) is 17.2 Å². The molecule has 3 saturated carbocycles. The van der Waals surface area contributed by atoms with Crippen LogP contribution in [0.1, 0.15) is 111 Å². The second-order valence-electron chi connectivity index (χ2n) is 20.9. The number of benzene rings is 2. The van der Waals surface area contributed by atoms with Crippen LogP contribution in [0.4, 0.5) is 5.69 Å². The smallest absolute Gasteiger partial charge is 0.311 e. The Bertz CT molecular complexity index is 2550. The molecule has 2 aromatic carbocycles. The molecule has 4 fully saturated rings. The summed E-state index contributed by atoms with van der Waals surface area (Å²) in [6, 6.07) is 7.83. The molecule has 2 aromatic rings. The van der Waals surface area contributed by atoms with Gasteiger partial charge in [-0.1, -0.05) is 55.4 Å². The van der Waals surface area contributed by atoms with Crippen molar-refractivity contribution in [3.8, 4) is 17.2 Å². The van der Waals surface area contributed by atoms with Crippen LogP contribution >= 0.6 is 11.8 Å². The van der Waals surface area contributed by atoms with E-state index in [0.717, 1.165) is 30.0 Å². The molecule has 7 unspecified atom stereocenters. The van der Waals surface area contributed by atoms with E-state index in [-0.39, 0.29) is 61.7 Å². The predicted molar refractivity (Wildman–Crippen MR) is 269 cm³/mol. The average Bonchev–Trinajstić information content (AvgIpc) is 3.48. The van der Waals surface area contributed by atoms with Gasteiger partial charge in [0.15, 0.2) is 22.7 Å². The molecule has 13 nitrogen and oxygen atoms in total. The van der Waals surface area contributed by atoms with Crippen molar-refractivity contribution in [2.45, 2.75) is 127 Å². The Morgan fingerprint density at radius 3 is 2.42 bits per heavy atom. The summed E-state index contributed by atoms with van der Waals surface area (Å²) in [7, 11) is 2.03. The maximum absolute atomic E-state index is 15.5. The van der Waals surface area contributed by atoms with Crippen LogP contribution in [-0.2, 0) is 25.6 Å². The number of aliphatic hydroxyl groups excluding tert-OH is 1. The summed E-state index contributed by atoms with van der Waals surface area (Å²) in [4.78, 5) is 67.1. The fourth-order valence-electron chi connectivity index (χ4n) is 11.3. The van der Waals surface area contributed by atoms with E-state index < -0.39 is 45.8 Å². The van der Waals surface area contributed by atoms with Gasteiger partial charge in [-0.3, -0.25) is 24.2 Å². The lowest BCUT2D eigenvalue weighted by atomic mass is 9.44. The number of Topliss-reactive ketones (excluding diaryl/α,β-unsaturated/α-hetero) is 1. The summed E-state index contributed by atoms with van der Waals surface area (Å²) in [5, 5.41) is 25.4. The summed E-state index contributed by atoms with van der Waals surface area (Å²) in [6.07, 6.45) is 11.7. The third-order valence-electron chi connectivity index (χ3n) is 15.0. The molecule has 4 aliphatic heterocycles. The van der Waals surface area contributed by atoms with Gasteiger partial charge in [-0.05, 0) is 104 Å². The Morgan fingerprint density at radius 2 is 1.72 bits per heavy atom. The molecular weight excluding hydrogens is 893 g/mol. The van der Waals surface area contributed by atoms with E-state index in [0.29, 0.717) is 77.5 Å². The number of para-hydroxylation sites is 1. The molecule has 4 heterocycles. The molecule has 3 N–H and O–H groups in total. The molecule has 3 aliphatic carbocycles. The number of piperazine rings is 1. The number of allylic oxidation sites excluding steroid dienone is 4. The number of thioether (sulfide) groups is 1. The van der Waals surface area contributed by atoms with Crippen LogP contribution < -0.4 is 19.5 Å². The van der Waals surface area contributed by atoms with Crippen LogP contribution in [0.25, 0.3) is 6.08 Å². The number of carbonyl (C=O) groups excluding carboxylic acids is 4. The highest BCUT2D eigenvalue weighted by atomic mass is 32.2. The molecule has 1 spiro atoms. The molecular formula is C55H70N4O9S.